The van der Waals surface area contributed by atoms with Crippen LogP contribution in [0.3, 0.4) is 0 Å². The van der Waals surface area contributed by atoms with Crippen molar-refractivity contribution in [1.82, 2.24) is 19.9 Å². The normalized spacial score (nSPS) is 13.4. The lowest BCUT2D eigenvalue weighted by Crippen LogP contribution is -2.29. The van der Waals surface area contributed by atoms with Gasteiger partial charge in [-0.05, 0) is 110 Å². The van der Waals surface area contributed by atoms with Crippen LogP contribution in [0.2, 0.25) is 10.0 Å². The first-order chi connectivity index (χ1) is 32.1. The fourth-order valence-electron chi connectivity index (χ4n) is 7.93. The SMILES string of the molecule is C=CC(=O)Cc1ccc(OC)c(-c2nc(Nc3cccc(N4CCCCC4)c3)ncc2Cl)c1.[C-]#[N+]c1ccc(CC(=O)C=C)cc1-c1nc(Nc2cccc(N3CCCCC3)c2)ncc1Cl. The van der Waals surface area contributed by atoms with Gasteiger partial charge in [0.2, 0.25) is 11.9 Å². The molecule has 2 aliphatic heterocycles. The number of carbonyl (C=O) groups is 2. The summed E-state index contributed by atoms with van der Waals surface area (Å²) >= 11 is 12.9. The van der Waals surface area contributed by atoms with E-state index in [1.54, 1.807) is 31.5 Å². The van der Waals surface area contributed by atoms with Crippen LogP contribution in [0, 0.1) is 6.57 Å². The largest absolute Gasteiger partial charge is 0.496 e. The molecule has 2 N–H and O–H groups in total. The van der Waals surface area contributed by atoms with Gasteiger partial charge in [0.15, 0.2) is 17.3 Å². The Bertz CT molecular complexity index is 2760. The van der Waals surface area contributed by atoms with Crippen molar-refractivity contribution in [2.75, 3.05) is 53.7 Å². The summed E-state index contributed by atoms with van der Waals surface area (Å²) in [5.74, 6) is 1.27. The van der Waals surface area contributed by atoms with Gasteiger partial charge in [0.1, 0.15) is 5.75 Å². The number of hydrogen-bond donors (Lipinski definition) is 2. The maximum absolute atomic E-state index is 11.8. The second kappa shape index (κ2) is 22.7. The minimum absolute atomic E-state index is 0.0594. The number of anilines is 6. The van der Waals surface area contributed by atoms with Crippen molar-refractivity contribution in [2.24, 2.45) is 0 Å². The maximum Gasteiger partial charge on any atom is 0.227 e. The highest BCUT2D eigenvalue weighted by atomic mass is 35.5. The lowest BCUT2D eigenvalue weighted by Gasteiger charge is -2.29. The van der Waals surface area contributed by atoms with E-state index < -0.39 is 0 Å². The number of carbonyl (C=O) groups excluding carboxylic acids is 2. The average molecular weight is 921 g/mol. The monoisotopic (exact) mass is 919 g/mol. The molecule has 0 bridgehead atoms. The summed E-state index contributed by atoms with van der Waals surface area (Å²) in [5, 5.41) is 7.29. The smallest absolute Gasteiger partial charge is 0.227 e. The molecule has 66 heavy (non-hydrogen) atoms. The Morgan fingerprint density at radius 3 is 1.62 bits per heavy atom. The molecule has 4 heterocycles. The van der Waals surface area contributed by atoms with Crippen molar-refractivity contribution in [1.29, 1.82) is 0 Å². The fourth-order valence-corrected chi connectivity index (χ4v) is 8.32. The van der Waals surface area contributed by atoms with Gasteiger partial charge in [0.25, 0.3) is 0 Å². The quantitative estimate of drug-likeness (QED) is 0.0754. The molecule has 8 rings (SSSR count). The topological polar surface area (TPSA) is 130 Å². The Morgan fingerprint density at radius 2 is 1.15 bits per heavy atom. The molecule has 0 radical (unpaired) electrons. The summed E-state index contributed by atoms with van der Waals surface area (Å²) in [6.07, 6.45) is 13.6. The number of nitrogens with zero attached hydrogens (tertiary/aromatic N) is 7. The van der Waals surface area contributed by atoms with Crippen molar-refractivity contribution in [3.8, 4) is 28.3 Å². The number of piperidine rings is 2. The third-order valence-electron chi connectivity index (χ3n) is 11.3. The summed E-state index contributed by atoms with van der Waals surface area (Å²) in [6, 6.07) is 27.2. The minimum atomic E-state index is -0.0961. The molecule has 4 aromatic carbocycles. The Hall–Kier alpha value is -7.07. The molecule has 2 fully saturated rings. The van der Waals surface area contributed by atoms with Gasteiger partial charge < -0.3 is 25.2 Å². The predicted octanol–water partition coefficient (Wildman–Crippen LogP) is 12.2. The van der Waals surface area contributed by atoms with Crippen LogP contribution in [0.1, 0.15) is 49.7 Å². The molecule has 14 heteroatoms. The standard InChI is InChI=1S/C26H24ClN5O.C26H27ClN4O2/c1-3-21(33)14-18-10-11-24(28-2)22(15-18)25-23(27)17-29-26(31-25)30-19-8-7-9-20(16-19)32-12-5-4-6-13-32;1-3-21(32)14-18-10-11-24(33-2)22(15-18)25-23(27)17-28-26(30-25)29-19-8-7-9-20(16-19)31-12-5-4-6-13-31/h3,7-11,15-17H,1,4-6,12-14H2,(H,29,30,31);3,7-11,15-17H,1,4-6,12-14H2,2H3,(H,28,29,30). The second-order valence-corrected chi connectivity index (χ2v) is 16.7. The zero-order valence-corrected chi connectivity index (χ0v) is 38.4. The highest BCUT2D eigenvalue weighted by Crippen LogP contribution is 2.37. The van der Waals surface area contributed by atoms with Gasteiger partial charge in [0.05, 0.1) is 47.5 Å². The predicted molar refractivity (Wildman–Crippen MR) is 267 cm³/mol. The number of methoxy groups -OCH3 is 1. The Kier molecular flexibility index (Phi) is 16.1. The van der Waals surface area contributed by atoms with Gasteiger partial charge >= 0.3 is 0 Å². The molecule has 6 aromatic rings. The lowest BCUT2D eigenvalue weighted by molar-refractivity contribution is -0.114. The van der Waals surface area contributed by atoms with Gasteiger partial charge in [-0.2, -0.15) is 0 Å². The summed E-state index contributed by atoms with van der Waals surface area (Å²) < 4.78 is 5.53. The first-order valence-electron chi connectivity index (χ1n) is 21.9. The number of halogens is 2. The first kappa shape index (κ1) is 46.9. The van der Waals surface area contributed by atoms with E-state index in [-0.39, 0.29) is 24.4 Å². The molecule has 336 valence electrons. The molecule has 0 spiro atoms. The van der Waals surface area contributed by atoms with Crippen LogP contribution >= 0.6 is 23.2 Å². The number of benzene rings is 4. The zero-order valence-electron chi connectivity index (χ0n) is 36.9. The zero-order chi connectivity index (χ0) is 46.4. The number of hydrogen-bond acceptors (Lipinski definition) is 11. The highest BCUT2D eigenvalue weighted by Gasteiger charge is 2.18. The van der Waals surface area contributed by atoms with Crippen LogP contribution < -0.4 is 25.2 Å². The first-order valence-corrected chi connectivity index (χ1v) is 22.7. The molecule has 0 amide bonds. The number of aromatic nitrogens is 4. The number of ether oxygens (including phenoxy) is 1. The van der Waals surface area contributed by atoms with Crippen LogP contribution in [-0.2, 0) is 22.4 Å². The van der Waals surface area contributed by atoms with Crippen LogP contribution in [0.4, 0.5) is 40.3 Å². The molecule has 0 saturated carbocycles. The second-order valence-electron chi connectivity index (χ2n) is 15.9. The van der Waals surface area contributed by atoms with Crippen molar-refractivity contribution in [3.05, 3.63) is 155 Å². The third-order valence-corrected chi connectivity index (χ3v) is 11.9. The highest BCUT2D eigenvalue weighted by molar-refractivity contribution is 6.33. The Morgan fingerprint density at radius 1 is 0.682 bits per heavy atom. The summed E-state index contributed by atoms with van der Waals surface area (Å²) in [7, 11) is 1.59. The van der Waals surface area contributed by atoms with Gasteiger partial charge in [-0.3, -0.25) is 9.59 Å². The van der Waals surface area contributed by atoms with Gasteiger partial charge in [-0.25, -0.2) is 24.8 Å². The van der Waals surface area contributed by atoms with E-state index in [9.17, 15) is 9.59 Å². The molecule has 2 saturated heterocycles. The van der Waals surface area contributed by atoms with Crippen molar-refractivity contribution < 1.29 is 14.3 Å². The summed E-state index contributed by atoms with van der Waals surface area (Å²) in [4.78, 5) is 50.0. The molecular weight excluding hydrogens is 870 g/mol. The van der Waals surface area contributed by atoms with Crippen LogP contribution in [0.25, 0.3) is 27.4 Å². The Balaban J connectivity index is 0.000000196. The van der Waals surface area contributed by atoms with Crippen LogP contribution in [0.15, 0.2) is 123 Å². The van der Waals surface area contributed by atoms with Gasteiger partial charge in [0, 0.05) is 72.9 Å². The van der Waals surface area contributed by atoms with E-state index in [2.05, 4.69) is 82.6 Å². The average Bonchev–Trinajstić information content (AvgIpc) is 3.36. The molecule has 2 aliphatic rings. The van der Waals surface area contributed by atoms with Crippen molar-refractivity contribution in [2.45, 2.75) is 51.4 Å². The third kappa shape index (κ3) is 12.2. The molecule has 0 atom stereocenters. The molecule has 12 nitrogen and oxygen atoms in total. The van der Waals surface area contributed by atoms with E-state index in [1.807, 2.05) is 42.5 Å². The summed E-state index contributed by atoms with van der Waals surface area (Å²) in [5.41, 5.74) is 8.38. The summed E-state index contributed by atoms with van der Waals surface area (Å²) in [6.45, 7) is 18.9. The van der Waals surface area contributed by atoms with E-state index in [1.165, 1.54) is 68.2 Å². The van der Waals surface area contributed by atoms with Gasteiger partial charge in [-0.15, -0.1) is 0 Å². The van der Waals surface area contributed by atoms with E-state index in [0.717, 1.165) is 48.7 Å². The van der Waals surface area contributed by atoms with E-state index in [4.69, 9.17) is 34.5 Å². The van der Waals surface area contributed by atoms with E-state index >= 15 is 0 Å². The van der Waals surface area contributed by atoms with Gasteiger partial charge in [-0.1, -0.05) is 72.8 Å². The van der Waals surface area contributed by atoms with Crippen LogP contribution in [0.5, 0.6) is 5.75 Å². The molecule has 0 unspecified atom stereocenters. The number of nitrogens with one attached hydrogen (secondary N) is 2. The minimum Gasteiger partial charge on any atom is -0.496 e. The number of allylic oxidation sites excluding steroid dienone is 2. The van der Waals surface area contributed by atoms with Crippen molar-refractivity contribution in [3.63, 3.8) is 0 Å². The fraction of sp³-hybridized carbons (Fsp3) is 0.250. The molecule has 2 aromatic heterocycles. The Labute approximate surface area is 396 Å². The number of ketones is 2. The van der Waals surface area contributed by atoms with Crippen molar-refractivity contribution >= 4 is 75.1 Å². The maximum atomic E-state index is 11.8. The van der Waals surface area contributed by atoms with E-state index in [0.29, 0.717) is 55.9 Å². The van der Waals surface area contributed by atoms with Crippen LogP contribution in [-0.4, -0.2) is 64.8 Å². The number of rotatable bonds is 15. The lowest BCUT2D eigenvalue weighted by atomic mass is 10.0. The molecular formula is C52H51Cl2N9O3. The molecule has 0 aliphatic carbocycles.